The number of nitrogens with zero attached hydrogens (tertiary/aromatic N) is 1. The highest BCUT2D eigenvalue weighted by Gasteiger charge is 2.21. The number of hydrogen-bond acceptors (Lipinski definition) is 8. The number of phenolic OH excluding ortho intramolecular Hbond substituents is 1. The van der Waals surface area contributed by atoms with Crippen LogP contribution in [-0.4, -0.2) is 28.3 Å². The maximum absolute atomic E-state index is 12.8. The van der Waals surface area contributed by atoms with Gasteiger partial charge in [0.25, 0.3) is 16.8 Å². The third-order valence-electron chi connectivity index (χ3n) is 5.92. The first-order valence-electron chi connectivity index (χ1n) is 11.6. The smallest absolute Gasteiger partial charge is 0.256 e. The second kappa shape index (κ2) is 9.96. The number of aromatic amines is 1. The fraction of sp³-hybridized carbons (Fsp3) is 0.111. The van der Waals surface area contributed by atoms with Crippen LogP contribution in [0, 0.1) is 0 Å². The number of rotatable bonds is 9. The Balaban J connectivity index is 1.34. The Morgan fingerprint density at radius 3 is 2.46 bits per heavy atom. The number of amides is 1. The number of anilines is 4. The van der Waals surface area contributed by atoms with Gasteiger partial charge in [0, 0.05) is 29.7 Å². The summed E-state index contributed by atoms with van der Waals surface area (Å²) >= 11 is 0. The van der Waals surface area contributed by atoms with Gasteiger partial charge in [0.2, 0.25) is 0 Å². The van der Waals surface area contributed by atoms with Crippen molar-refractivity contribution in [2.24, 2.45) is 0 Å². The van der Waals surface area contributed by atoms with E-state index in [1.807, 2.05) is 25.2 Å². The zero-order valence-electron chi connectivity index (χ0n) is 19.9. The molecule has 10 heteroatoms. The molecule has 1 amide bonds. The highest BCUT2D eigenvalue weighted by molar-refractivity contribution is 6.08. The molecule has 186 valence electrons. The molecule has 0 atom stereocenters. The van der Waals surface area contributed by atoms with E-state index in [0.717, 1.165) is 11.1 Å². The minimum absolute atomic E-state index is 0.115. The highest BCUT2D eigenvalue weighted by atomic mass is 16.3. The third kappa shape index (κ3) is 4.91. The molecule has 0 radical (unpaired) electrons. The zero-order chi connectivity index (χ0) is 25.9. The highest BCUT2D eigenvalue weighted by Crippen LogP contribution is 2.28. The summed E-state index contributed by atoms with van der Waals surface area (Å²) < 4.78 is 0. The van der Waals surface area contributed by atoms with Crippen molar-refractivity contribution in [1.82, 2.24) is 15.5 Å². The maximum Gasteiger partial charge on any atom is 0.256 e. The maximum atomic E-state index is 12.8. The van der Waals surface area contributed by atoms with Crippen molar-refractivity contribution in [1.29, 1.82) is 0 Å². The summed E-state index contributed by atoms with van der Waals surface area (Å²) in [5.41, 5.74) is 2.58. The minimum atomic E-state index is -0.624. The Morgan fingerprint density at radius 1 is 0.919 bits per heavy atom. The molecule has 0 bridgehead atoms. The molecule has 0 aliphatic heterocycles. The van der Waals surface area contributed by atoms with Gasteiger partial charge in [0.05, 0.1) is 5.52 Å². The van der Waals surface area contributed by atoms with E-state index >= 15 is 0 Å². The number of hydrogen-bond donors (Lipinski definition) is 6. The van der Waals surface area contributed by atoms with E-state index < -0.39 is 10.9 Å². The molecule has 0 saturated carbocycles. The topological polar surface area (TPSA) is 148 Å². The van der Waals surface area contributed by atoms with Crippen LogP contribution in [0.15, 0.2) is 76.3 Å². The van der Waals surface area contributed by atoms with Crippen molar-refractivity contribution in [3.8, 4) is 5.75 Å². The van der Waals surface area contributed by atoms with E-state index in [9.17, 15) is 19.5 Å². The molecule has 37 heavy (non-hydrogen) atoms. The largest absolute Gasteiger partial charge is 0.508 e. The first-order valence-corrected chi connectivity index (χ1v) is 11.6. The van der Waals surface area contributed by atoms with Crippen molar-refractivity contribution in [2.45, 2.75) is 13.1 Å². The van der Waals surface area contributed by atoms with Crippen molar-refractivity contribution >= 4 is 39.7 Å². The van der Waals surface area contributed by atoms with E-state index in [1.54, 1.807) is 48.5 Å². The van der Waals surface area contributed by atoms with Crippen molar-refractivity contribution in [2.75, 3.05) is 23.0 Å². The summed E-state index contributed by atoms with van der Waals surface area (Å²) in [6, 6.07) is 19.2. The lowest BCUT2D eigenvalue weighted by Gasteiger charge is -2.15. The molecule has 0 fully saturated rings. The number of phenols is 1. The van der Waals surface area contributed by atoms with Gasteiger partial charge in [-0.2, -0.15) is 5.10 Å². The molecule has 0 unspecified atom stereocenters. The minimum Gasteiger partial charge on any atom is -0.508 e. The Bertz CT molecular complexity index is 1680. The second-order valence-electron chi connectivity index (χ2n) is 8.57. The average Bonchev–Trinajstić information content (AvgIpc) is 3.30. The molecule has 0 saturated heterocycles. The van der Waals surface area contributed by atoms with Gasteiger partial charge in [0.1, 0.15) is 17.1 Å². The fourth-order valence-corrected chi connectivity index (χ4v) is 4.07. The number of carbonyl (C=O) groups is 1. The Hall–Kier alpha value is -4.96. The lowest BCUT2D eigenvalue weighted by molar-refractivity contribution is 0.102. The first kappa shape index (κ1) is 23.8. The fourth-order valence-electron chi connectivity index (χ4n) is 4.07. The van der Waals surface area contributed by atoms with Gasteiger partial charge in [0.15, 0.2) is 5.82 Å². The van der Waals surface area contributed by atoms with E-state index in [1.165, 1.54) is 0 Å². The van der Waals surface area contributed by atoms with Crippen LogP contribution in [0.3, 0.4) is 0 Å². The first-order chi connectivity index (χ1) is 17.9. The number of carbonyl (C=O) groups excluding carboxylic acids is 1. The van der Waals surface area contributed by atoms with Gasteiger partial charge >= 0.3 is 0 Å². The van der Waals surface area contributed by atoms with E-state index in [4.69, 9.17) is 0 Å². The van der Waals surface area contributed by atoms with E-state index in [-0.39, 0.29) is 29.6 Å². The van der Waals surface area contributed by atoms with Crippen molar-refractivity contribution < 1.29 is 9.90 Å². The SMILES string of the molecule is CNCc1cccc(C(=O)Nc2n[nH]c3ccc(Nc4c(NCc5cccc(O)c5)c(=O)c4=O)cc23)c1. The monoisotopic (exact) mass is 496 g/mol. The van der Waals surface area contributed by atoms with Crippen LogP contribution in [-0.2, 0) is 13.1 Å². The molecule has 0 spiro atoms. The summed E-state index contributed by atoms with van der Waals surface area (Å²) in [7, 11) is 1.84. The van der Waals surface area contributed by atoms with Crippen LogP contribution in [0.2, 0.25) is 0 Å². The molecule has 1 aromatic heterocycles. The zero-order valence-corrected chi connectivity index (χ0v) is 19.9. The summed E-state index contributed by atoms with van der Waals surface area (Å²) in [5.74, 6) is 0.158. The predicted octanol–water partition coefficient (Wildman–Crippen LogP) is 3.19. The molecular formula is C27H24N6O4. The molecule has 10 nitrogen and oxygen atoms in total. The Kier molecular flexibility index (Phi) is 6.40. The normalized spacial score (nSPS) is 11.1. The Morgan fingerprint density at radius 2 is 1.68 bits per heavy atom. The van der Waals surface area contributed by atoms with Crippen LogP contribution >= 0.6 is 0 Å². The van der Waals surface area contributed by atoms with Gasteiger partial charge in [-0.1, -0.05) is 24.3 Å². The standard InChI is InChI=1S/C27H24N6O4/c1-28-13-15-4-2-6-17(10-15)27(37)31-26-20-12-18(8-9-21(20)32-33-26)30-23-22(24(35)25(23)36)29-14-16-5-3-7-19(34)11-16/h2-12,28-30,34H,13-14H2,1H3,(H2,31,32,33,37). The molecule has 5 rings (SSSR count). The summed E-state index contributed by atoms with van der Waals surface area (Å²) in [6.45, 7) is 0.906. The predicted molar refractivity (Wildman–Crippen MR) is 143 cm³/mol. The summed E-state index contributed by atoms with van der Waals surface area (Å²) in [4.78, 5) is 37.3. The molecule has 4 aromatic carbocycles. The molecular weight excluding hydrogens is 472 g/mol. The summed E-state index contributed by atoms with van der Waals surface area (Å²) in [6.07, 6.45) is 0. The summed E-state index contributed by atoms with van der Waals surface area (Å²) in [5, 5.41) is 29.2. The van der Waals surface area contributed by atoms with Gasteiger partial charge in [-0.05, 0) is 60.6 Å². The van der Waals surface area contributed by atoms with Gasteiger partial charge < -0.3 is 26.4 Å². The quantitative estimate of drug-likeness (QED) is 0.171. The van der Waals surface area contributed by atoms with Crippen LogP contribution < -0.4 is 32.1 Å². The Labute approximate surface area is 211 Å². The number of aromatic nitrogens is 2. The lowest BCUT2D eigenvalue weighted by atomic mass is 10.1. The van der Waals surface area contributed by atoms with E-state index in [0.29, 0.717) is 34.5 Å². The van der Waals surface area contributed by atoms with Crippen LogP contribution in [0.25, 0.3) is 10.9 Å². The van der Waals surface area contributed by atoms with Crippen molar-refractivity contribution in [3.63, 3.8) is 0 Å². The van der Waals surface area contributed by atoms with Crippen LogP contribution in [0.1, 0.15) is 21.5 Å². The average molecular weight is 497 g/mol. The van der Waals surface area contributed by atoms with Crippen molar-refractivity contribution in [3.05, 3.63) is 104 Å². The number of nitrogens with one attached hydrogen (secondary N) is 5. The second-order valence-corrected chi connectivity index (χ2v) is 8.57. The third-order valence-corrected chi connectivity index (χ3v) is 5.92. The molecule has 1 heterocycles. The van der Waals surface area contributed by atoms with Crippen LogP contribution in [0.4, 0.5) is 22.9 Å². The van der Waals surface area contributed by atoms with Gasteiger partial charge in [-0.3, -0.25) is 19.5 Å². The van der Waals surface area contributed by atoms with Crippen LogP contribution in [0.5, 0.6) is 5.75 Å². The lowest BCUT2D eigenvalue weighted by Crippen LogP contribution is -2.36. The number of aromatic hydroxyl groups is 1. The van der Waals surface area contributed by atoms with Gasteiger partial charge in [-0.15, -0.1) is 0 Å². The number of fused-ring (bicyclic) bond motifs is 1. The molecule has 0 aliphatic carbocycles. The molecule has 0 aliphatic rings. The van der Waals surface area contributed by atoms with E-state index in [2.05, 4.69) is 31.5 Å². The number of H-pyrrole nitrogens is 1. The van der Waals surface area contributed by atoms with Gasteiger partial charge in [-0.25, -0.2) is 0 Å². The molecule has 6 N–H and O–H groups in total. The molecule has 5 aromatic rings. The number of benzene rings is 3.